The highest BCUT2D eigenvalue weighted by atomic mass is 32.2. The molecule has 1 aliphatic heterocycles. The number of nitrogens with zero attached hydrogens (tertiary/aromatic N) is 4. The Balaban J connectivity index is 1.66. The number of carbonyl (C=O) groups is 1. The topological polar surface area (TPSA) is 77.4 Å². The highest BCUT2D eigenvalue weighted by molar-refractivity contribution is 8.00. The van der Waals surface area contributed by atoms with Gasteiger partial charge in [0.05, 0.1) is 29.7 Å². The van der Waals surface area contributed by atoms with Crippen molar-refractivity contribution >= 4 is 39.2 Å². The maximum absolute atomic E-state index is 12.4. The number of ether oxygens (including phenoxy) is 2. The van der Waals surface area contributed by atoms with Crippen molar-refractivity contribution in [2.24, 2.45) is 0 Å². The number of thiazole rings is 1. The number of methoxy groups -OCH3 is 2. The average molecular weight is 431 g/mol. The molecule has 1 amide bonds. The minimum atomic E-state index is 0.151. The predicted molar refractivity (Wildman–Crippen MR) is 115 cm³/mol. The van der Waals surface area contributed by atoms with E-state index in [1.165, 1.54) is 11.8 Å². The van der Waals surface area contributed by atoms with Crippen molar-refractivity contribution in [2.75, 3.05) is 33.1 Å². The van der Waals surface area contributed by atoms with Crippen LogP contribution in [0.3, 0.4) is 0 Å². The third kappa shape index (κ3) is 4.02. The summed E-state index contributed by atoms with van der Waals surface area (Å²) in [6, 6.07) is 5.68. The number of benzene rings is 1. The molecule has 152 valence electrons. The molecule has 29 heavy (non-hydrogen) atoms. The van der Waals surface area contributed by atoms with Gasteiger partial charge in [-0.05, 0) is 38.0 Å². The molecule has 3 heterocycles. The number of rotatable bonds is 6. The fourth-order valence-corrected chi connectivity index (χ4v) is 5.20. The van der Waals surface area contributed by atoms with Crippen LogP contribution in [0.25, 0.3) is 21.5 Å². The van der Waals surface area contributed by atoms with Crippen molar-refractivity contribution in [2.45, 2.75) is 24.8 Å². The fraction of sp³-hybridized carbons (Fsp3) is 0.400. The molecule has 0 atom stereocenters. The molecular weight excluding hydrogens is 408 g/mol. The van der Waals surface area contributed by atoms with Crippen LogP contribution in [0.5, 0.6) is 11.5 Å². The highest BCUT2D eigenvalue weighted by Gasteiger charge is 2.21. The highest BCUT2D eigenvalue weighted by Crippen LogP contribution is 2.38. The second-order valence-electron chi connectivity index (χ2n) is 6.71. The van der Waals surface area contributed by atoms with E-state index in [1.807, 2.05) is 30.0 Å². The summed E-state index contributed by atoms with van der Waals surface area (Å²) in [5.74, 6) is 1.80. The van der Waals surface area contributed by atoms with Crippen LogP contribution in [0.15, 0.2) is 23.2 Å². The molecule has 1 fully saturated rings. The second kappa shape index (κ2) is 8.54. The van der Waals surface area contributed by atoms with Gasteiger partial charge in [-0.2, -0.15) is 0 Å². The van der Waals surface area contributed by atoms with Crippen LogP contribution in [0, 0.1) is 6.92 Å². The molecule has 9 heteroatoms. The van der Waals surface area contributed by atoms with Crippen LogP contribution >= 0.6 is 23.1 Å². The maximum Gasteiger partial charge on any atom is 0.232 e. The van der Waals surface area contributed by atoms with Gasteiger partial charge >= 0.3 is 0 Å². The molecule has 2 aromatic heterocycles. The largest absolute Gasteiger partial charge is 0.493 e. The smallest absolute Gasteiger partial charge is 0.232 e. The first kappa shape index (κ1) is 19.9. The molecule has 0 unspecified atom stereocenters. The minimum absolute atomic E-state index is 0.151. The van der Waals surface area contributed by atoms with Crippen molar-refractivity contribution in [1.82, 2.24) is 20.1 Å². The van der Waals surface area contributed by atoms with Crippen LogP contribution in [0.1, 0.15) is 17.8 Å². The van der Waals surface area contributed by atoms with Gasteiger partial charge in [0, 0.05) is 18.7 Å². The Kier molecular flexibility index (Phi) is 5.86. The summed E-state index contributed by atoms with van der Waals surface area (Å²) >= 11 is 2.99. The number of aryl methyl sites for hydroxylation is 1. The van der Waals surface area contributed by atoms with Crippen molar-refractivity contribution in [1.29, 1.82) is 0 Å². The first-order valence-corrected chi connectivity index (χ1v) is 11.2. The second-order valence-corrected chi connectivity index (χ2v) is 8.88. The van der Waals surface area contributed by atoms with E-state index in [1.54, 1.807) is 25.6 Å². The molecule has 1 aromatic carbocycles. The zero-order chi connectivity index (χ0) is 20.4. The summed E-state index contributed by atoms with van der Waals surface area (Å²) in [4.78, 5) is 19.0. The molecular formula is C20H22N4O3S2. The Hall–Kier alpha value is -2.39. The first-order valence-electron chi connectivity index (χ1n) is 9.37. The van der Waals surface area contributed by atoms with Gasteiger partial charge in [0.15, 0.2) is 11.5 Å². The van der Waals surface area contributed by atoms with Crippen molar-refractivity contribution in [3.8, 4) is 22.8 Å². The number of thioether (sulfide) groups is 1. The Bertz CT molecular complexity index is 1050. The lowest BCUT2D eigenvalue weighted by atomic mass is 10.1. The Labute approximate surface area is 177 Å². The molecule has 0 radical (unpaired) electrons. The molecule has 0 N–H and O–H groups in total. The van der Waals surface area contributed by atoms with Gasteiger partial charge in [-0.25, -0.2) is 4.98 Å². The number of amides is 1. The fourth-order valence-electron chi connectivity index (χ4n) is 3.38. The van der Waals surface area contributed by atoms with E-state index in [0.717, 1.165) is 52.4 Å². The zero-order valence-corrected chi connectivity index (χ0v) is 18.2. The van der Waals surface area contributed by atoms with Gasteiger partial charge in [-0.1, -0.05) is 11.8 Å². The number of fused-ring (bicyclic) bond motifs is 1. The number of hydrogen-bond acceptors (Lipinski definition) is 8. The van der Waals surface area contributed by atoms with Crippen LogP contribution in [0.4, 0.5) is 0 Å². The first-order chi connectivity index (χ1) is 14.1. The quantitative estimate of drug-likeness (QED) is 0.551. The van der Waals surface area contributed by atoms with Gasteiger partial charge in [0.2, 0.25) is 5.91 Å². The van der Waals surface area contributed by atoms with Crippen molar-refractivity contribution in [3.05, 3.63) is 23.2 Å². The van der Waals surface area contributed by atoms with Gasteiger partial charge in [-0.15, -0.1) is 21.5 Å². The van der Waals surface area contributed by atoms with E-state index in [2.05, 4.69) is 15.2 Å². The number of likely N-dealkylation sites (tertiary alicyclic amines) is 1. The average Bonchev–Trinajstić information content (AvgIpc) is 3.40. The SMILES string of the molecule is COc1ccc(-c2nnc(SCC(=O)N3CCCC3)c3nc(C)sc23)cc1OC. The maximum atomic E-state index is 12.4. The van der Waals surface area contributed by atoms with Crippen LogP contribution in [-0.2, 0) is 4.79 Å². The molecule has 7 nitrogen and oxygen atoms in total. The Morgan fingerprint density at radius 2 is 1.93 bits per heavy atom. The zero-order valence-electron chi connectivity index (χ0n) is 16.6. The normalized spacial score (nSPS) is 13.8. The summed E-state index contributed by atoms with van der Waals surface area (Å²) in [5, 5.41) is 10.5. The van der Waals surface area contributed by atoms with Crippen LogP contribution in [0.2, 0.25) is 0 Å². The van der Waals surface area contributed by atoms with E-state index in [4.69, 9.17) is 9.47 Å². The van der Waals surface area contributed by atoms with Crippen LogP contribution in [-0.4, -0.2) is 59.1 Å². The van der Waals surface area contributed by atoms with Crippen molar-refractivity contribution < 1.29 is 14.3 Å². The number of hydrogen-bond donors (Lipinski definition) is 0. The lowest BCUT2D eigenvalue weighted by Crippen LogP contribution is -2.29. The molecule has 0 bridgehead atoms. The standard InChI is InChI=1S/C20H22N4O3S2/c1-12-21-18-19(29-12)17(13-6-7-14(26-2)15(10-13)27-3)22-23-20(18)28-11-16(25)24-8-4-5-9-24/h6-7,10H,4-5,8-9,11H2,1-3H3. The van der Waals surface area contributed by atoms with Gasteiger partial charge in [0.25, 0.3) is 0 Å². The third-order valence-corrected chi connectivity index (χ3v) is 6.76. The summed E-state index contributed by atoms with van der Waals surface area (Å²) < 4.78 is 11.7. The Morgan fingerprint density at radius 3 is 2.66 bits per heavy atom. The molecule has 0 saturated carbocycles. The summed E-state index contributed by atoms with van der Waals surface area (Å²) in [6.45, 7) is 3.68. The van der Waals surface area contributed by atoms with Gasteiger partial charge < -0.3 is 14.4 Å². The number of carbonyl (C=O) groups excluding carboxylic acids is 1. The summed E-state index contributed by atoms with van der Waals surface area (Å²) in [6.07, 6.45) is 2.18. The van der Waals surface area contributed by atoms with Gasteiger partial charge in [0.1, 0.15) is 16.2 Å². The van der Waals surface area contributed by atoms with E-state index < -0.39 is 0 Å². The third-order valence-electron chi connectivity index (χ3n) is 4.84. The lowest BCUT2D eigenvalue weighted by Gasteiger charge is -2.14. The minimum Gasteiger partial charge on any atom is -0.493 e. The molecule has 1 saturated heterocycles. The molecule has 0 spiro atoms. The van der Waals surface area contributed by atoms with Crippen molar-refractivity contribution in [3.63, 3.8) is 0 Å². The Morgan fingerprint density at radius 1 is 1.17 bits per heavy atom. The monoisotopic (exact) mass is 430 g/mol. The van der Waals surface area contributed by atoms with Crippen LogP contribution < -0.4 is 9.47 Å². The lowest BCUT2D eigenvalue weighted by molar-refractivity contribution is -0.127. The molecule has 4 rings (SSSR count). The molecule has 3 aromatic rings. The molecule has 0 aliphatic carbocycles. The summed E-state index contributed by atoms with van der Waals surface area (Å²) in [7, 11) is 3.22. The van der Waals surface area contributed by atoms with E-state index in [9.17, 15) is 4.79 Å². The van der Waals surface area contributed by atoms with Gasteiger partial charge in [-0.3, -0.25) is 4.79 Å². The molecule has 1 aliphatic rings. The summed E-state index contributed by atoms with van der Waals surface area (Å²) in [5.41, 5.74) is 2.43. The van der Waals surface area contributed by atoms with E-state index in [-0.39, 0.29) is 5.91 Å². The van der Waals surface area contributed by atoms with E-state index in [0.29, 0.717) is 22.3 Å². The predicted octanol–water partition coefficient (Wildman–Crippen LogP) is 3.79. The number of aromatic nitrogens is 3. The van der Waals surface area contributed by atoms with E-state index >= 15 is 0 Å².